The molecule has 0 amide bonds. The Morgan fingerprint density at radius 1 is 1.00 bits per heavy atom. The monoisotopic (exact) mass is 295 g/mol. The minimum Gasteiger partial charge on any atom is -0.410 e. The van der Waals surface area contributed by atoms with Gasteiger partial charge in [-0.05, 0) is 29.5 Å². The number of anilines is 1. The van der Waals surface area contributed by atoms with E-state index in [-0.39, 0.29) is 0 Å². The van der Waals surface area contributed by atoms with Crippen LogP contribution in [-0.2, 0) is 0 Å². The number of nitrogens with one attached hydrogen (secondary N) is 1. The van der Waals surface area contributed by atoms with Gasteiger partial charge in [0, 0.05) is 5.69 Å². The Bertz CT molecular complexity index is 423. The highest BCUT2D eigenvalue weighted by Gasteiger charge is 2.44. The lowest BCUT2D eigenvalue weighted by Gasteiger charge is -2.42. The predicted molar refractivity (Wildman–Crippen MR) is 98.2 cm³/mol. The summed E-state index contributed by atoms with van der Waals surface area (Å²) in [5, 5.41) is 0. The molecule has 0 aliphatic carbocycles. The minimum atomic E-state index is -1.49. The molecule has 2 heterocycles. The second kappa shape index (κ2) is 6.64. The fourth-order valence-electron chi connectivity index (χ4n) is 4.76. The lowest BCUT2D eigenvalue weighted by atomic mass is 9.73. The Labute approximate surface area is 132 Å². The smallest absolute Gasteiger partial charge is 0.150 e. The molecule has 2 radical (unpaired) electrons. The summed E-state index contributed by atoms with van der Waals surface area (Å²) in [6.45, 7) is 5.11. The molecule has 0 saturated carbocycles. The van der Waals surface area contributed by atoms with E-state index in [0.717, 1.165) is 17.4 Å². The van der Waals surface area contributed by atoms with Crippen molar-refractivity contribution in [3.05, 3.63) is 30.3 Å². The van der Waals surface area contributed by atoms with Crippen LogP contribution in [0, 0.1) is 11.8 Å². The van der Waals surface area contributed by atoms with Crippen LogP contribution in [0.3, 0.4) is 0 Å². The molecule has 2 unspecified atom stereocenters. The molecule has 0 aromatic heterocycles. The van der Waals surface area contributed by atoms with E-state index in [9.17, 15) is 0 Å². The molecule has 3 rings (SSSR count). The maximum absolute atomic E-state index is 3.98. The van der Waals surface area contributed by atoms with Crippen LogP contribution in [0.4, 0.5) is 5.69 Å². The third-order valence-electron chi connectivity index (χ3n) is 5.51. The lowest BCUT2D eigenvalue weighted by Crippen LogP contribution is -2.47. The summed E-state index contributed by atoms with van der Waals surface area (Å²) < 4.78 is 0. The normalized spacial score (nSPS) is 27.0. The first kappa shape index (κ1) is 15.3. The van der Waals surface area contributed by atoms with Crippen molar-refractivity contribution in [2.24, 2.45) is 11.8 Å². The number of benzene rings is 1. The van der Waals surface area contributed by atoms with Gasteiger partial charge in [-0.2, -0.15) is 0 Å². The molecule has 4 heteroatoms. The Morgan fingerprint density at radius 3 is 2.05 bits per heavy atom. The summed E-state index contributed by atoms with van der Waals surface area (Å²) in [7, 11) is 3.57. The van der Waals surface area contributed by atoms with Gasteiger partial charge in [0.15, 0.2) is 8.24 Å². The summed E-state index contributed by atoms with van der Waals surface area (Å²) in [4.78, 5) is 3.98. The average Bonchev–Trinajstić information content (AvgIpc) is 3.13. The van der Waals surface area contributed by atoms with Gasteiger partial charge in [-0.3, -0.25) is 0 Å². The van der Waals surface area contributed by atoms with E-state index in [1.165, 1.54) is 43.8 Å². The Hall–Kier alpha value is -0.633. The van der Waals surface area contributed by atoms with Crippen LogP contribution in [0.2, 0.25) is 43.9 Å². The molecule has 2 atom stereocenters. The zero-order chi connectivity index (χ0) is 14.7. The van der Waals surface area contributed by atoms with Crippen LogP contribution < -0.4 is 4.98 Å². The lowest BCUT2D eigenvalue weighted by molar-refractivity contribution is 0.407. The number of hydrogen-bond acceptors (Lipinski definition) is 1. The van der Waals surface area contributed by atoms with Gasteiger partial charge in [-0.15, -0.1) is 0 Å². The molecule has 110 valence electrons. The summed E-state index contributed by atoms with van der Waals surface area (Å²) in [5.74, 6) is 1.86. The first-order valence-electron chi connectivity index (χ1n) is 8.63. The summed E-state index contributed by atoms with van der Waals surface area (Å²) >= 11 is 0. The highest BCUT2D eigenvalue weighted by atomic mass is 28.3. The fraction of sp³-hybridized carbons (Fsp3) is 0.647. The largest absolute Gasteiger partial charge is 0.410 e. The van der Waals surface area contributed by atoms with Crippen LogP contribution in [-0.4, -0.2) is 22.8 Å². The zero-order valence-corrected chi connectivity index (χ0v) is 14.5. The molecular formula is C17H27B2NSi. The van der Waals surface area contributed by atoms with Gasteiger partial charge in [0.25, 0.3) is 0 Å². The van der Waals surface area contributed by atoms with Crippen LogP contribution in [0.15, 0.2) is 30.3 Å². The Morgan fingerprint density at radius 2 is 1.57 bits per heavy atom. The quantitative estimate of drug-likeness (QED) is 0.770. The van der Waals surface area contributed by atoms with E-state index in [0.29, 0.717) is 0 Å². The molecule has 2 aliphatic heterocycles. The van der Waals surface area contributed by atoms with E-state index in [1.54, 1.807) is 0 Å². The van der Waals surface area contributed by atoms with Crippen molar-refractivity contribution in [3.63, 3.8) is 0 Å². The second-order valence-corrected chi connectivity index (χ2v) is 11.8. The van der Waals surface area contributed by atoms with Crippen molar-refractivity contribution < 1.29 is 0 Å². The van der Waals surface area contributed by atoms with E-state index in [4.69, 9.17) is 0 Å². The number of para-hydroxylation sites is 1. The van der Waals surface area contributed by atoms with Crippen molar-refractivity contribution in [3.8, 4) is 0 Å². The van der Waals surface area contributed by atoms with Crippen molar-refractivity contribution in [2.75, 3.05) is 4.98 Å². The molecule has 0 bridgehead atoms. The first-order chi connectivity index (χ1) is 10.2. The SMILES string of the molecule is C[Si](C)(Nc1ccccc1)C(C1C[B]CC1)C1C[B]CC1. The van der Waals surface area contributed by atoms with Crippen LogP contribution in [0.1, 0.15) is 12.8 Å². The minimum absolute atomic E-state index is 0.912. The second-order valence-electron chi connectivity index (χ2n) is 7.46. The third kappa shape index (κ3) is 3.58. The van der Waals surface area contributed by atoms with E-state index in [2.05, 4.69) is 63.0 Å². The van der Waals surface area contributed by atoms with E-state index in [1.807, 2.05) is 0 Å². The van der Waals surface area contributed by atoms with Crippen LogP contribution >= 0.6 is 0 Å². The molecule has 0 spiro atoms. The van der Waals surface area contributed by atoms with Gasteiger partial charge in [0.05, 0.1) is 0 Å². The van der Waals surface area contributed by atoms with Gasteiger partial charge in [-0.25, -0.2) is 0 Å². The third-order valence-corrected chi connectivity index (χ3v) is 9.05. The molecule has 2 saturated heterocycles. The molecule has 1 nitrogen and oxygen atoms in total. The molecule has 1 N–H and O–H groups in total. The fourth-order valence-corrected chi connectivity index (χ4v) is 8.80. The topological polar surface area (TPSA) is 12.0 Å². The van der Waals surface area contributed by atoms with Gasteiger partial charge in [0.1, 0.15) is 14.6 Å². The van der Waals surface area contributed by atoms with Crippen LogP contribution in [0.25, 0.3) is 0 Å². The predicted octanol–water partition coefficient (Wildman–Crippen LogP) is 4.80. The molecule has 2 aliphatic rings. The van der Waals surface area contributed by atoms with Crippen molar-refractivity contribution in [1.82, 2.24) is 0 Å². The highest BCUT2D eigenvalue weighted by Crippen LogP contribution is 2.48. The van der Waals surface area contributed by atoms with Gasteiger partial charge >= 0.3 is 0 Å². The summed E-state index contributed by atoms with van der Waals surface area (Å²) in [6.07, 6.45) is 8.24. The zero-order valence-electron chi connectivity index (χ0n) is 13.5. The number of rotatable bonds is 5. The summed E-state index contributed by atoms with van der Waals surface area (Å²) in [6, 6.07) is 10.9. The van der Waals surface area contributed by atoms with Crippen molar-refractivity contribution in [1.29, 1.82) is 0 Å². The molecule has 1 aromatic carbocycles. The maximum atomic E-state index is 3.98. The highest BCUT2D eigenvalue weighted by molar-refractivity contribution is 6.82. The molecule has 1 aromatic rings. The Balaban J connectivity index is 1.79. The van der Waals surface area contributed by atoms with Crippen molar-refractivity contribution in [2.45, 2.75) is 56.8 Å². The molecule has 21 heavy (non-hydrogen) atoms. The van der Waals surface area contributed by atoms with Gasteiger partial charge < -0.3 is 4.98 Å². The van der Waals surface area contributed by atoms with E-state index < -0.39 is 8.24 Å². The van der Waals surface area contributed by atoms with Gasteiger partial charge in [-0.1, -0.05) is 69.4 Å². The molecule has 2 fully saturated rings. The average molecular weight is 295 g/mol. The number of hydrogen-bond donors (Lipinski definition) is 1. The van der Waals surface area contributed by atoms with Crippen LogP contribution in [0.5, 0.6) is 0 Å². The van der Waals surface area contributed by atoms with Gasteiger partial charge in [0.2, 0.25) is 0 Å². The maximum Gasteiger partial charge on any atom is 0.150 e. The van der Waals surface area contributed by atoms with Crippen molar-refractivity contribution >= 4 is 28.5 Å². The summed E-state index contributed by atoms with van der Waals surface area (Å²) in [5.41, 5.74) is 2.23. The Kier molecular flexibility index (Phi) is 4.83. The van der Waals surface area contributed by atoms with E-state index >= 15 is 0 Å². The molecular weight excluding hydrogens is 268 g/mol. The standard InChI is InChI=1S/C17H27B2NSi/c1-21(2,20-16-6-4-3-5-7-16)17(14-8-10-18-12-14)15-9-11-19-13-15/h3-7,14-15,17,20H,8-13H2,1-2H3. The first-order valence-corrected chi connectivity index (χ1v) is 11.7.